The minimum atomic E-state index is -4.16. The second-order valence-corrected chi connectivity index (χ2v) is 9.93. The fourth-order valence-corrected chi connectivity index (χ4v) is 5.28. The number of aromatic nitrogens is 1. The van der Waals surface area contributed by atoms with E-state index in [2.05, 4.69) is 15.2 Å². The van der Waals surface area contributed by atoms with E-state index in [4.69, 9.17) is 0 Å². The molecule has 0 aliphatic carbocycles. The van der Waals surface area contributed by atoms with Gasteiger partial charge in [-0.05, 0) is 37.1 Å². The third kappa shape index (κ3) is 4.92. The number of hydrogen-bond donors (Lipinski definition) is 2. The van der Waals surface area contributed by atoms with E-state index in [1.807, 2.05) is 0 Å². The standard InChI is InChI=1S/C17H23N5O6S2/c1-5-21(6-2)30(27,28)15-7-8-17(18-11-15)19-20-29(25,26)16-10-14(22(23)24)9-12(3)13(16)4/h7-11,20H,5-6H2,1-4H3,(H,18,19). The zero-order valence-electron chi connectivity index (χ0n) is 16.9. The quantitative estimate of drug-likeness (QED) is 0.428. The van der Waals surface area contributed by atoms with Crippen LogP contribution in [0.5, 0.6) is 0 Å². The Hall–Kier alpha value is -2.61. The van der Waals surface area contributed by atoms with Crippen molar-refractivity contribution < 1.29 is 21.8 Å². The molecule has 0 saturated heterocycles. The molecule has 1 aromatic heterocycles. The minimum absolute atomic E-state index is 0.0234. The first-order chi connectivity index (χ1) is 13.9. The Bertz CT molecular complexity index is 1140. The number of pyridine rings is 1. The van der Waals surface area contributed by atoms with Gasteiger partial charge in [0.2, 0.25) is 10.0 Å². The Labute approximate surface area is 175 Å². The highest BCUT2D eigenvalue weighted by Crippen LogP contribution is 2.25. The second kappa shape index (κ2) is 9.04. The molecule has 1 heterocycles. The van der Waals surface area contributed by atoms with Crippen molar-refractivity contribution in [3.05, 3.63) is 51.7 Å². The normalized spacial score (nSPS) is 12.2. The molecule has 0 unspecified atom stereocenters. The summed E-state index contributed by atoms with van der Waals surface area (Å²) in [6.45, 7) is 7.17. The Morgan fingerprint density at radius 2 is 1.73 bits per heavy atom. The summed E-state index contributed by atoms with van der Waals surface area (Å²) in [4.78, 5) is 16.1. The molecule has 0 atom stereocenters. The van der Waals surface area contributed by atoms with Gasteiger partial charge in [0.15, 0.2) is 0 Å². The van der Waals surface area contributed by atoms with Crippen LogP contribution >= 0.6 is 0 Å². The van der Waals surface area contributed by atoms with Crippen molar-refractivity contribution in [2.24, 2.45) is 0 Å². The van der Waals surface area contributed by atoms with Gasteiger partial charge in [0.05, 0.1) is 9.82 Å². The summed E-state index contributed by atoms with van der Waals surface area (Å²) in [5.41, 5.74) is 2.86. The van der Waals surface area contributed by atoms with Gasteiger partial charge in [-0.1, -0.05) is 13.8 Å². The van der Waals surface area contributed by atoms with Crippen LogP contribution < -0.4 is 10.3 Å². The molecule has 0 bridgehead atoms. The van der Waals surface area contributed by atoms with Crippen LogP contribution in [0, 0.1) is 24.0 Å². The number of hydrogen-bond acceptors (Lipinski definition) is 8. The van der Waals surface area contributed by atoms with E-state index in [0.717, 1.165) is 12.3 Å². The van der Waals surface area contributed by atoms with Crippen molar-refractivity contribution in [3.8, 4) is 0 Å². The largest absolute Gasteiger partial charge is 0.292 e. The fourth-order valence-electron chi connectivity index (χ4n) is 2.69. The lowest BCUT2D eigenvalue weighted by Gasteiger charge is -2.18. The average molecular weight is 458 g/mol. The van der Waals surface area contributed by atoms with Crippen molar-refractivity contribution in [2.75, 3.05) is 18.5 Å². The Balaban J connectivity index is 2.24. The number of sulfonamides is 2. The number of hydrazine groups is 1. The van der Waals surface area contributed by atoms with Gasteiger partial charge >= 0.3 is 0 Å². The predicted octanol–water partition coefficient (Wildman–Crippen LogP) is 1.94. The van der Waals surface area contributed by atoms with Crippen LogP contribution in [-0.4, -0.2) is 44.1 Å². The molecular weight excluding hydrogens is 434 g/mol. The molecule has 0 radical (unpaired) electrons. The lowest BCUT2D eigenvalue weighted by atomic mass is 10.1. The van der Waals surface area contributed by atoms with Crippen molar-refractivity contribution in [1.82, 2.24) is 14.1 Å². The second-order valence-electron chi connectivity index (χ2n) is 6.34. The van der Waals surface area contributed by atoms with Gasteiger partial charge in [-0.25, -0.2) is 21.8 Å². The zero-order valence-corrected chi connectivity index (χ0v) is 18.5. The first kappa shape index (κ1) is 23.7. The van der Waals surface area contributed by atoms with Crippen molar-refractivity contribution >= 4 is 31.6 Å². The Kier molecular flexibility index (Phi) is 7.13. The van der Waals surface area contributed by atoms with E-state index in [1.165, 1.54) is 22.5 Å². The summed E-state index contributed by atoms with van der Waals surface area (Å²) in [6, 6.07) is 4.88. The summed E-state index contributed by atoms with van der Waals surface area (Å²) < 4.78 is 51.4. The van der Waals surface area contributed by atoms with Crippen LogP contribution in [0.2, 0.25) is 0 Å². The Morgan fingerprint density at radius 3 is 2.23 bits per heavy atom. The summed E-state index contributed by atoms with van der Waals surface area (Å²) in [7, 11) is -7.85. The molecule has 2 N–H and O–H groups in total. The summed E-state index contributed by atoms with van der Waals surface area (Å²) in [6.07, 6.45) is 1.12. The van der Waals surface area contributed by atoms with Crippen LogP contribution in [0.4, 0.5) is 11.5 Å². The van der Waals surface area contributed by atoms with Crippen LogP contribution in [-0.2, 0) is 20.0 Å². The summed E-state index contributed by atoms with van der Waals surface area (Å²) >= 11 is 0. The minimum Gasteiger partial charge on any atom is -0.292 e. The summed E-state index contributed by atoms with van der Waals surface area (Å²) in [5.74, 6) is 0.0527. The third-order valence-electron chi connectivity index (χ3n) is 4.50. The van der Waals surface area contributed by atoms with Crippen molar-refractivity contribution in [2.45, 2.75) is 37.5 Å². The Morgan fingerprint density at radius 1 is 1.10 bits per heavy atom. The number of nitro benzene ring substituents is 1. The first-order valence-electron chi connectivity index (χ1n) is 8.93. The molecule has 0 aliphatic heterocycles. The van der Waals surface area contributed by atoms with Crippen LogP contribution in [0.15, 0.2) is 40.3 Å². The van der Waals surface area contributed by atoms with Crippen molar-refractivity contribution in [3.63, 3.8) is 0 Å². The topological polar surface area (TPSA) is 152 Å². The number of nitro groups is 1. The smallest absolute Gasteiger partial charge is 0.271 e. The molecule has 0 aliphatic rings. The molecule has 2 rings (SSSR count). The molecule has 164 valence electrons. The number of aryl methyl sites for hydroxylation is 1. The van der Waals surface area contributed by atoms with E-state index in [0.29, 0.717) is 24.2 Å². The molecular formula is C17H23N5O6S2. The molecule has 0 fully saturated rings. The average Bonchev–Trinajstić information content (AvgIpc) is 2.69. The fraction of sp³-hybridized carbons (Fsp3) is 0.353. The molecule has 0 saturated carbocycles. The molecule has 2 aromatic rings. The number of nitrogens with one attached hydrogen (secondary N) is 2. The molecule has 30 heavy (non-hydrogen) atoms. The van der Waals surface area contributed by atoms with Gasteiger partial charge in [-0.15, -0.1) is 4.83 Å². The highest BCUT2D eigenvalue weighted by atomic mass is 32.2. The van der Waals surface area contributed by atoms with E-state index in [-0.39, 0.29) is 21.3 Å². The number of non-ortho nitro benzene ring substituents is 1. The number of anilines is 1. The van der Waals surface area contributed by atoms with E-state index in [9.17, 15) is 26.9 Å². The van der Waals surface area contributed by atoms with Gasteiger partial charge in [-0.2, -0.15) is 4.31 Å². The van der Waals surface area contributed by atoms with Crippen LogP contribution in [0.1, 0.15) is 25.0 Å². The zero-order chi connectivity index (χ0) is 22.7. The highest BCUT2D eigenvalue weighted by Gasteiger charge is 2.24. The van der Waals surface area contributed by atoms with Gasteiger partial charge in [0.1, 0.15) is 10.7 Å². The van der Waals surface area contributed by atoms with Crippen LogP contribution in [0.3, 0.4) is 0 Å². The summed E-state index contributed by atoms with van der Waals surface area (Å²) in [5, 5.41) is 11.0. The van der Waals surface area contributed by atoms with E-state index >= 15 is 0 Å². The SMILES string of the molecule is CCN(CC)S(=O)(=O)c1ccc(NNS(=O)(=O)c2cc([N+](=O)[O-])cc(C)c2C)nc1. The third-order valence-corrected chi connectivity index (χ3v) is 7.91. The molecule has 1 aromatic carbocycles. The first-order valence-corrected chi connectivity index (χ1v) is 11.9. The van der Waals surface area contributed by atoms with E-state index in [1.54, 1.807) is 27.7 Å². The molecule has 11 nitrogen and oxygen atoms in total. The predicted molar refractivity (Wildman–Crippen MR) is 111 cm³/mol. The number of rotatable bonds is 9. The number of benzene rings is 1. The van der Waals surface area contributed by atoms with Gasteiger partial charge < -0.3 is 0 Å². The van der Waals surface area contributed by atoms with Crippen LogP contribution in [0.25, 0.3) is 0 Å². The maximum absolute atomic E-state index is 12.6. The highest BCUT2D eigenvalue weighted by molar-refractivity contribution is 7.89. The van der Waals surface area contributed by atoms with Crippen molar-refractivity contribution in [1.29, 1.82) is 0 Å². The lowest BCUT2D eigenvalue weighted by molar-refractivity contribution is -0.385. The maximum Gasteiger partial charge on any atom is 0.271 e. The van der Waals surface area contributed by atoms with Gasteiger partial charge in [0.25, 0.3) is 15.7 Å². The molecule has 13 heteroatoms. The van der Waals surface area contributed by atoms with Gasteiger partial charge in [-0.3, -0.25) is 15.5 Å². The monoisotopic (exact) mass is 457 g/mol. The van der Waals surface area contributed by atoms with E-state index < -0.39 is 25.0 Å². The number of nitrogens with zero attached hydrogens (tertiary/aromatic N) is 3. The lowest BCUT2D eigenvalue weighted by Crippen LogP contribution is -2.31. The molecule has 0 spiro atoms. The molecule has 0 amide bonds. The van der Waals surface area contributed by atoms with Gasteiger partial charge in [0, 0.05) is 31.4 Å². The maximum atomic E-state index is 12.6.